The summed E-state index contributed by atoms with van der Waals surface area (Å²) >= 11 is 3.42. The Morgan fingerprint density at radius 3 is 2.57 bits per heavy atom. The predicted molar refractivity (Wildman–Crippen MR) is 88.8 cm³/mol. The van der Waals surface area contributed by atoms with Crippen LogP contribution in [0.2, 0.25) is 0 Å². The molecule has 118 valence electrons. The maximum absolute atomic E-state index is 12.6. The zero-order chi connectivity index (χ0) is 15.7. The molecule has 1 fully saturated rings. The van der Waals surface area contributed by atoms with Crippen LogP contribution in [0.3, 0.4) is 0 Å². The van der Waals surface area contributed by atoms with E-state index in [0.29, 0.717) is 15.9 Å². The summed E-state index contributed by atoms with van der Waals surface area (Å²) in [6.45, 7) is 7.58. The first-order valence-electron chi connectivity index (χ1n) is 7.31. The van der Waals surface area contributed by atoms with Crippen LogP contribution in [0, 0.1) is 6.92 Å². The molecular formula is C15H23BrN2O2S. The second kappa shape index (κ2) is 6.36. The molecule has 0 bridgehead atoms. The summed E-state index contributed by atoms with van der Waals surface area (Å²) in [5.74, 6) is 0. The highest BCUT2D eigenvalue weighted by molar-refractivity contribution is 9.10. The van der Waals surface area contributed by atoms with E-state index in [1.54, 1.807) is 6.07 Å². The number of hydrogen-bond donors (Lipinski definition) is 2. The first-order chi connectivity index (χ1) is 9.77. The maximum atomic E-state index is 12.6. The van der Waals surface area contributed by atoms with Gasteiger partial charge in [0.25, 0.3) is 0 Å². The quantitative estimate of drug-likeness (QED) is 0.720. The van der Waals surface area contributed by atoms with Crippen LogP contribution in [0.15, 0.2) is 21.5 Å². The highest BCUT2D eigenvalue weighted by atomic mass is 79.9. The molecule has 0 atom stereocenters. The molecule has 1 aromatic carbocycles. The minimum absolute atomic E-state index is 0.261. The third kappa shape index (κ3) is 4.28. The van der Waals surface area contributed by atoms with E-state index >= 15 is 0 Å². The smallest absolute Gasteiger partial charge is 0.242 e. The van der Waals surface area contributed by atoms with E-state index in [2.05, 4.69) is 32.9 Å². The minimum atomic E-state index is -3.49. The van der Waals surface area contributed by atoms with E-state index in [1.807, 2.05) is 19.9 Å². The van der Waals surface area contributed by atoms with E-state index in [1.165, 1.54) is 0 Å². The fraction of sp³-hybridized carbons (Fsp3) is 0.600. The van der Waals surface area contributed by atoms with Crippen molar-refractivity contribution in [2.24, 2.45) is 0 Å². The Morgan fingerprint density at radius 1 is 1.33 bits per heavy atom. The van der Waals surface area contributed by atoms with E-state index in [4.69, 9.17) is 0 Å². The van der Waals surface area contributed by atoms with E-state index in [9.17, 15) is 8.42 Å². The summed E-state index contributed by atoms with van der Waals surface area (Å²) in [6, 6.07) is 3.78. The second-order valence-corrected chi connectivity index (χ2v) is 8.51. The summed E-state index contributed by atoms with van der Waals surface area (Å²) in [5, 5.41) is 3.31. The average molecular weight is 375 g/mol. The van der Waals surface area contributed by atoms with Gasteiger partial charge in [-0.25, -0.2) is 13.1 Å². The molecule has 0 spiro atoms. The van der Waals surface area contributed by atoms with Crippen molar-refractivity contribution in [3.8, 4) is 0 Å². The van der Waals surface area contributed by atoms with Crippen molar-refractivity contribution in [3.05, 3.63) is 27.7 Å². The number of benzene rings is 1. The van der Waals surface area contributed by atoms with Gasteiger partial charge in [-0.3, -0.25) is 0 Å². The highest BCUT2D eigenvalue weighted by Gasteiger charge is 2.41. The van der Waals surface area contributed by atoms with Gasteiger partial charge in [-0.05, 0) is 72.8 Å². The molecule has 1 aliphatic rings. The Bertz CT molecular complexity index is 625. The van der Waals surface area contributed by atoms with Crippen molar-refractivity contribution >= 4 is 26.0 Å². The number of halogens is 1. The number of rotatable bonds is 7. The first-order valence-corrected chi connectivity index (χ1v) is 9.59. The van der Waals surface area contributed by atoms with Crippen molar-refractivity contribution in [1.29, 1.82) is 0 Å². The lowest BCUT2D eigenvalue weighted by atomic mass is 10.1. The lowest BCUT2D eigenvalue weighted by Crippen LogP contribution is -2.34. The van der Waals surface area contributed by atoms with Crippen LogP contribution in [0.5, 0.6) is 0 Å². The lowest BCUT2D eigenvalue weighted by Gasteiger charge is -2.16. The molecule has 4 nitrogen and oxygen atoms in total. The summed E-state index contributed by atoms with van der Waals surface area (Å²) < 4.78 is 28.6. The van der Waals surface area contributed by atoms with Gasteiger partial charge in [0.1, 0.15) is 0 Å². The molecular weight excluding hydrogens is 352 g/mol. The molecule has 1 saturated carbocycles. The molecule has 0 aromatic heterocycles. The van der Waals surface area contributed by atoms with Crippen LogP contribution in [0.25, 0.3) is 0 Å². The zero-order valence-electron chi connectivity index (χ0n) is 12.8. The Morgan fingerprint density at radius 2 is 2.00 bits per heavy atom. The predicted octanol–water partition coefficient (Wildman–Crippen LogP) is 3.09. The maximum Gasteiger partial charge on any atom is 0.242 e. The standard InChI is InChI=1S/C15H23BrN2O2S/c1-4-7-17-10-12-8-11(2)14(16)13(9-12)21(19,20)18-15(3)5-6-15/h8-9,17-18H,4-7,10H2,1-3H3. The molecule has 6 heteroatoms. The Labute approximate surface area is 135 Å². The van der Waals surface area contributed by atoms with Gasteiger partial charge in [-0.15, -0.1) is 0 Å². The number of nitrogens with one attached hydrogen (secondary N) is 2. The number of aryl methyl sites for hydroxylation is 1. The van der Waals surface area contributed by atoms with Crippen LogP contribution in [-0.2, 0) is 16.6 Å². The third-order valence-corrected chi connectivity index (χ3v) is 6.68. The molecule has 0 aliphatic heterocycles. The fourth-order valence-electron chi connectivity index (χ4n) is 2.19. The first kappa shape index (κ1) is 16.9. The lowest BCUT2D eigenvalue weighted by molar-refractivity contribution is 0.557. The Hall–Kier alpha value is -0.430. The summed E-state index contributed by atoms with van der Waals surface area (Å²) in [5.41, 5.74) is 1.67. The van der Waals surface area contributed by atoms with Crippen LogP contribution in [0.4, 0.5) is 0 Å². The highest BCUT2D eigenvalue weighted by Crippen LogP contribution is 2.37. The van der Waals surface area contributed by atoms with Gasteiger partial charge in [0.05, 0.1) is 4.90 Å². The number of sulfonamides is 1. The molecule has 1 aliphatic carbocycles. The molecule has 0 unspecified atom stereocenters. The van der Waals surface area contributed by atoms with Crippen molar-refractivity contribution in [2.75, 3.05) is 6.54 Å². The van der Waals surface area contributed by atoms with Crippen LogP contribution in [-0.4, -0.2) is 20.5 Å². The molecule has 0 radical (unpaired) electrons. The fourth-order valence-corrected chi connectivity index (χ4v) is 4.72. The zero-order valence-corrected chi connectivity index (χ0v) is 15.2. The third-order valence-electron chi connectivity index (χ3n) is 3.71. The Kier molecular flexibility index (Phi) is 5.13. The average Bonchev–Trinajstić information content (AvgIpc) is 3.10. The summed E-state index contributed by atoms with van der Waals surface area (Å²) in [7, 11) is -3.49. The van der Waals surface area contributed by atoms with Gasteiger partial charge in [0.2, 0.25) is 10.0 Å². The minimum Gasteiger partial charge on any atom is -0.313 e. The molecule has 2 N–H and O–H groups in total. The van der Waals surface area contributed by atoms with Crippen LogP contribution < -0.4 is 10.0 Å². The molecule has 0 amide bonds. The van der Waals surface area contributed by atoms with Crippen molar-refractivity contribution in [3.63, 3.8) is 0 Å². The molecule has 2 rings (SSSR count). The largest absolute Gasteiger partial charge is 0.313 e. The monoisotopic (exact) mass is 374 g/mol. The van der Waals surface area contributed by atoms with Gasteiger partial charge in [-0.2, -0.15) is 0 Å². The van der Waals surface area contributed by atoms with Crippen molar-refractivity contribution in [1.82, 2.24) is 10.0 Å². The summed E-state index contributed by atoms with van der Waals surface area (Å²) in [6.07, 6.45) is 2.86. The van der Waals surface area contributed by atoms with Gasteiger partial charge >= 0.3 is 0 Å². The Balaban J connectivity index is 2.28. The van der Waals surface area contributed by atoms with Gasteiger partial charge < -0.3 is 5.32 Å². The molecule has 0 heterocycles. The van der Waals surface area contributed by atoms with Gasteiger partial charge in [0, 0.05) is 16.6 Å². The normalized spacial score (nSPS) is 17.0. The van der Waals surface area contributed by atoms with Gasteiger partial charge in [-0.1, -0.05) is 13.0 Å². The van der Waals surface area contributed by atoms with Crippen LogP contribution >= 0.6 is 15.9 Å². The summed E-state index contributed by atoms with van der Waals surface area (Å²) in [4.78, 5) is 0.337. The second-order valence-electron chi connectivity index (χ2n) is 6.07. The molecule has 0 saturated heterocycles. The van der Waals surface area contributed by atoms with E-state index in [-0.39, 0.29) is 5.54 Å². The SMILES string of the molecule is CCCNCc1cc(C)c(Br)c(S(=O)(=O)NC2(C)CC2)c1. The van der Waals surface area contributed by atoms with Gasteiger partial charge in [0.15, 0.2) is 0 Å². The van der Waals surface area contributed by atoms with E-state index in [0.717, 1.165) is 36.9 Å². The van der Waals surface area contributed by atoms with Crippen LogP contribution in [0.1, 0.15) is 44.2 Å². The topological polar surface area (TPSA) is 58.2 Å². The number of hydrogen-bond acceptors (Lipinski definition) is 3. The molecule has 1 aromatic rings. The van der Waals surface area contributed by atoms with E-state index < -0.39 is 10.0 Å². The van der Waals surface area contributed by atoms with Crippen molar-refractivity contribution < 1.29 is 8.42 Å². The molecule has 21 heavy (non-hydrogen) atoms. The van der Waals surface area contributed by atoms with Crippen molar-refractivity contribution in [2.45, 2.75) is 57.0 Å².